The standard InChI is InChI=1S/C15H18N4O4S/c1-18(2)24(22,23)13-5-3-12(4-6-13)15(21)17-9-10-19-11-16-8-7-14(19)20/h3-8,11H,9-10H2,1-2H3,(H,17,21). The number of sulfonamides is 1. The number of hydrogen-bond acceptors (Lipinski definition) is 5. The summed E-state index contributed by atoms with van der Waals surface area (Å²) in [7, 11) is -0.639. The fourth-order valence-corrected chi connectivity index (χ4v) is 2.83. The Hall–Kier alpha value is -2.52. The summed E-state index contributed by atoms with van der Waals surface area (Å²) in [6.07, 6.45) is 2.80. The van der Waals surface area contributed by atoms with Crippen molar-refractivity contribution < 1.29 is 13.2 Å². The van der Waals surface area contributed by atoms with Crippen molar-refractivity contribution in [2.45, 2.75) is 11.4 Å². The lowest BCUT2D eigenvalue weighted by molar-refractivity contribution is 0.0952. The van der Waals surface area contributed by atoms with E-state index in [0.29, 0.717) is 12.1 Å². The van der Waals surface area contributed by atoms with Gasteiger partial charge in [0.2, 0.25) is 10.0 Å². The summed E-state index contributed by atoms with van der Waals surface area (Å²) in [5.74, 6) is -0.347. The second-order valence-corrected chi connectivity index (χ2v) is 7.33. The Morgan fingerprint density at radius 1 is 1.21 bits per heavy atom. The highest BCUT2D eigenvalue weighted by molar-refractivity contribution is 7.89. The maximum absolute atomic E-state index is 12.0. The van der Waals surface area contributed by atoms with E-state index in [-0.39, 0.29) is 22.9 Å². The average molecular weight is 350 g/mol. The minimum atomic E-state index is -3.52. The van der Waals surface area contributed by atoms with E-state index in [1.807, 2.05) is 0 Å². The van der Waals surface area contributed by atoms with Gasteiger partial charge in [0.15, 0.2) is 0 Å². The van der Waals surface area contributed by atoms with E-state index in [2.05, 4.69) is 10.3 Å². The first kappa shape index (κ1) is 17.8. The molecule has 0 aliphatic heterocycles. The Balaban J connectivity index is 1.98. The number of amides is 1. The minimum Gasteiger partial charge on any atom is -0.350 e. The van der Waals surface area contributed by atoms with Crippen LogP contribution in [0.15, 0.2) is 52.5 Å². The van der Waals surface area contributed by atoms with Gasteiger partial charge in [0.1, 0.15) is 0 Å². The molecule has 128 valence electrons. The first-order chi connectivity index (χ1) is 11.3. The van der Waals surface area contributed by atoms with Crippen molar-refractivity contribution in [2.75, 3.05) is 20.6 Å². The molecule has 0 bridgehead atoms. The van der Waals surface area contributed by atoms with Gasteiger partial charge in [0.25, 0.3) is 11.5 Å². The van der Waals surface area contributed by atoms with Crippen LogP contribution >= 0.6 is 0 Å². The van der Waals surface area contributed by atoms with Crippen molar-refractivity contribution in [2.24, 2.45) is 0 Å². The Kier molecular flexibility index (Phi) is 5.47. The molecule has 0 atom stereocenters. The fraction of sp³-hybridized carbons (Fsp3) is 0.267. The van der Waals surface area contributed by atoms with Gasteiger partial charge in [-0.15, -0.1) is 0 Å². The molecule has 24 heavy (non-hydrogen) atoms. The van der Waals surface area contributed by atoms with E-state index in [9.17, 15) is 18.0 Å². The number of carbonyl (C=O) groups excluding carboxylic acids is 1. The maximum atomic E-state index is 12.0. The summed E-state index contributed by atoms with van der Waals surface area (Å²) in [5.41, 5.74) is 0.142. The van der Waals surface area contributed by atoms with Crippen LogP contribution in [-0.4, -0.2) is 48.8 Å². The summed E-state index contributed by atoms with van der Waals surface area (Å²) < 4.78 is 26.4. The van der Waals surface area contributed by atoms with Gasteiger partial charge in [0, 0.05) is 45.0 Å². The van der Waals surface area contributed by atoms with Crippen LogP contribution in [0.1, 0.15) is 10.4 Å². The zero-order chi connectivity index (χ0) is 17.7. The van der Waals surface area contributed by atoms with E-state index in [1.54, 1.807) is 0 Å². The number of carbonyl (C=O) groups is 1. The van der Waals surface area contributed by atoms with Gasteiger partial charge in [-0.25, -0.2) is 17.7 Å². The highest BCUT2D eigenvalue weighted by Crippen LogP contribution is 2.13. The van der Waals surface area contributed by atoms with Crippen LogP contribution in [0.5, 0.6) is 0 Å². The summed E-state index contributed by atoms with van der Waals surface area (Å²) >= 11 is 0. The van der Waals surface area contributed by atoms with Gasteiger partial charge in [-0.1, -0.05) is 0 Å². The molecule has 9 heteroatoms. The average Bonchev–Trinajstić information content (AvgIpc) is 2.56. The summed E-state index contributed by atoms with van der Waals surface area (Å²) in [6.45, 7) is 0.549. The third-order valence-electron chi connectivity index (χ3n) is 3.33. The van der Waals surface area contributed by atoms with Crippen LogP contribution in [0.3, 0.4) is 0 Å². The molecule has 0 saturated carbocycles. The monoisotopic (exact) mass is 350 g/mol. The van der Waals surface area contributed by atoms with E-state index in [0.717, 1.165) is 4.31 Å². The highest BCUT2D eigenvalue weighted by atomic mass is 32.2. The molecule has 0 saturated heterocycles. The van der Waals surface area contributed by atoms with E-state index >= 15 is 0 Å². The molecule has 1 aromatic heterocycles. The van der Waals surface area contributed by atoms with Crippen LogP contribution < -0.4 is 10.9 Å². The Labute approximate surface area is 139 Å². The topological polar surface area (TPSA) is 101 Å². The molecule has 0 unspecified atom stereocenters. The van der Waals surface area contributed by atoms with Gasteiger partial charge < -0.3 is 5.32 Å². The summed E-state index contributed by atoms with van der Waals surface area (Å²) in [4.78, 5) is 27.5. The SMILES string of the molecule is CN(C)S(=O)(=O)c1ccc(C(=O)NCCn2cnccc2=O)cc1. The lowest BCUT2D eigenvalue weighted by Crippen LogP contribution is -2.30. The number of aromatic nitrogens is 2. The van der Waals surface area contributed by atoms with Crippen molar-refractivity contribution in [3.63, 3.8) is 0 Å². The zero-order valence-corrected chi connectivity index (χ0v) is 14.2. The quantitative estimate of drug-likeness (QED) is 0.785. The fourth-order valence-electron chi connectivity index (χ4n) is 1.93. The number of nitrogens with one attached hydrogen (secondary N) is 1. The molecule has 0 aliphatic carbocycles. The third-order valence-corrected chi connectivity index (χ3v) is 5.15. The van der Waals surface area contributed by atoms with Crippen LogP contribution in [-0.2, 0) is 16.6 Å². The molecule has 1 aromatic carbocycles. The molecule has 0 fully saturated rings. The maximum Gasteiger partial charge on any atom is 0.253 e. The molecule has 2 rings (SSSR count). The van der Waals surface area contributed by atoms with Gasteiger partial charge >= 0.3 is 0 Å². The molecular formula is C15H18N4O4S. The van der Waals surface area contributed by atoms with Crippen molar-refractivity contribution in [1.29, 1.82) is 0 Å². The van der Waals surface area contributed by atoms with E-state index in [1.165, 1.54) is 61.5 Å². The highest BCUT2D eigenvalue weighted by Gasteiger charge is 2.17. The van der Waals surface area contributed by atoms with Gasteiger partial charge in [-0.3, -0.25) is 14.2 Å². The molecule has 0 radical (unpaired) electrons. The van der Waals surface area contributed by atoms with Crippen molar-refractivity contribution in [1.82, 2.24) is 19.2 Å². The molecule has 1 heterocycles. The predicted molar refractivity (Wildman–Crippen MR) is 88.1 cm³/mol. The molecule has 8 nitrogen and oxygen atoms in total. The van der Waals surface area contributed by atoms with E-state index in [4.69, 9.17) is 0 Å². The van der Waals surface area contributed by atoms with Crippen LogP contribution in [0.2, 0.25) is 0 Å². The van der Waals surface area contributed by atoms with Crippen LogP contribution in [0, 0.1) is 0 Å². The van der Waals surface area contributed by atoms with Gasteiger partial charge in [-0.05, 0) is 24.3 Å². The minimum absolute atomic E-state index is 0.117. The van der Waals surface area contributed by atoms with Crippen molar-refractivity contribution in [3.05, 3.63) is 58.8 Å². The molecular weight excluding hydrogens is 332 g/mol. The lowest BCUT2D eigenvalue weighted by atomic mass is 10.2. The molecule has 1 N–H and O–H groups in total. The Morgan fingerprint density at radius 2 is 1.88 bits per heavy atom. The molecule has 0 aliphatic rings. The van der Waals surface area contributed by atoms with Gasteiger partial charge in [-0.2, -0.15) is 0 Å². The van der Waals surface area contributed by atoms with E-state index < -0.39 is 10.0 Å². The first-order valence-corrected chi connectivity index (χ1v) is 8.57. The summed E-state index contributed by atoms with van der Waals surface area (Å²) in [5, 5.41) is 2.67. The molecule has 1 amide bonds. The number of nitrogens with zero attached hydrogens (tertiary/aromatic N) is 3. The number of rotatable bonds is 6. The molecule has 0 spiro atoms. The summed E-state index contributed by atoms with van der Waals surface area (Å²) in [6, 6.07) is 7.00. The molecule has 2 aromatic rings. The smallest absolute Gasteiger partial charge is 0.253 e. The number of benzene rings is 1. The largest absolute Gasteiger partial charge is 0.350 e. The van der Waals surface area contributed by atoms with Crippen LogP contribution in [0.4, 0.5) is 0 Å². The van der Waals surface area contributed by atoms with Crippen molar-refractivity contribution >= 4 is 15.9 Å². The normalized spacial score (nSPS) is 11.5. The third kappa shape index (κ3) is 4.06. The van der Waals surface area contributed by atoms with Crippen molar-refractivity contribution in [3.8, 4) is 0 Å². The van der Waals surface area contributed by atoms with Crippen LogP contribution in [0.25, 0.3) is 0 Å². The first-order valence-electron chi connectivity index (χ1n) is 7.13. The zero-order valence-electron chi connectivity index (χ0n) is 13.3. The second-order valence-electron chi connectivity index (χ2n) is 5.18. The Morgan fingerprint density at radius 3 is 2.46 bits per heavy atom. The lowest BCUT2D eigenvalue weighted by Gasteiger charge is -2.11. The number of hydrogen-bond donors (Lipinski definition) is 1. The second kappa shape index (κ2) is 7.37. The Bertz CT molecular complexity index is 873. The van der Waals surface area contributed by atoms with Gasteiger partial charge in [0.05, 0.1) is 11.2 Å². The predicted octanol–water partition coefficient (Wildman–Crippen LogP) is -0.0764.